The maximum Gasteiger partial charge on any atom is 0.257 e. The number of benzene rings is 2. The number of fused-ring (bicyclic) bond motifs is 1. The Hall–Kier alpha value is -3.94. The van der Waals surface area contributed by atoms with E-state index >= 15 is 0 Å². The van der Waals surface area contributed by atoms with Crippen molar-refractivity contribution < 1.29 is 14.4 Å². The predicted molar refractivity (Wildman–Crippen MR) is 166 cm³/mol. The Morgan fingerprint density at radius 2 is 1.76 bits per heavy atom. The largest absolute Gasteiger partial charge is 0.369 e. The van der Waals surface area contributed by atoms with Crippen molar-refractivity contribution in [2.24, 2.45) is 17.6 Å². The first-order chi connectivity index (χ1) is 19.9. The summed E-state index contributed by atoms with van der Waals surface area (Å²) in [6.45, 7) is 12.2. The number of nitrogens with zero attached hydrogens (tertiary/aromatic N) is 2. The minimum Gasteiger partial charge on any atom is -0.369 e. The van der Waals surface area contributed by atoms with Gasteiger partial charge in [0.2, 0.25) is 5.91 Å². The molecule has 3 atom stereocenters. The fourth-order valence-electron chi connectivity index (χ4n) is 6.15. The maximum absolute atomic E-state index is 14.2. The molecule has 0 spiro atoms. The summed E-state index contributed by atoms with van der Waals surface area (Å²) < 4.78 is 1.86. The molecule has 3 aromatic rings. The summed E-state index contributed by atoms with van der Waals surface area (Å²) in [5, 5.41) is 11.3. The Labute approximate surface area is 249 Å². The second-order valence-electron chi connectivity index (χ2n) is 12.6. The Morgan fingerprint density at radius 3 is 2.33 bits per heavy atom. The van der Waals surface area contributed by atoms with Gasteiger partial charge in [0, 0.05) is 12.3 Å². The van der Waals surface area contributed by atoms with E-state index in [1.807, 2.05) is 67.9 Å². The van der Waals surface area contributed by atoms with E-state index in [1.165, 1.54) is 0 Å². The van der Waals surface area contributed by atoms with Crippen LogP contribution in [0.1, 0.15) is 100 Å². The molecule has 1 aliphatic rings. The van der Waals surface area contributed by atoms with E-state index in [9.17, 15) is 14.4 Å². The van der Waals surface area contributed by atoms with Gasteiger partial charge in [-0.25, -0.2) is 4.68 Å². The predicted octanol–water partition coefficient (Wildman–Crippen LogP) is 5.88. The molecule has 224 valence electrons. The van der Waals surface area contributed by atoms with Crippen LogP contribution >= 0.6 is 0 Å². The van der Waals surface area contributed by atoms with Gasteiger partial charge in [-0.05, 0) is 62.1 Å². The zero-order valence-corrected chi connectivity index (χ0v) is 25.7. The highest BCUT2D eigenvalue weighted by Gasteiger charge is 2.43. The maximum atomic E-state index is 14.2. The highest BCUT2D eigenvalue weighted by molar-refractivity contribution is 6.03. The monoisotopic (exact) mass is 571 g/mol. The molecular weight excluding hydrogens is 526 g/mol. The fourth-order valence-corrected chi connectivity index (χ4v) is 6.15. The van der Waals surface area contributed by atoms with Crippen LogP contribution in [0.25, 0.3) is 0 Å². The second kappa shape index (κ2) is 12.5. The van der Waals surface area contributed by atoms with Gasteiger partial charge >= 0.3 is 0 Å². The number of aryl methyl sites for hydroxylation is 1. The van der Waals surface area contributed by atoms with Gasteiger partial charge in [-0.3, -0.25) is 14.4 Å². The van der Waals surface area contributed by atoms with E-state index < -0.39 is 23.3 Å². The molecule has 4 N–H and O–H groups in total. The van der Waals surface area contributed by atoms with Gasteiger partial charge in [0.05, 0.1) is 17.8 Å². The average molecular weight is 572 g/mol. The molecule has 1 aliphatic heterocycles. The third-order valence-electron chi connectivity index (χ3n) is 8.58. The SMILES string of the molecule is CCc1ccc(C(CC)(NC(=O)c2cnn3c2N[C@@H](c2ccccc2)CC3(C)C)C(=O)C[C@@H](CC(C)C)C(N)=O)cc1. The number of primary amides is 1. The van der Waals surface area contributed by atoms with Crippen LogP contribution in [0.4, 0.5) is 5.82 Å². The van der Waals surface area contributed by atoms with Crippen molar-refractivity contribution in [3.63, 3.8) is 0 Å². The van der Waals surface area contributed by atoms with E-state index in [0.29, 0.717) is 29.8 Å². The van der Waals surface area contributed by atoms with Crippen LogP contribution in [0, 0.1) is 11.8 Å². The lowest BCUT2D eigenvalue weighted by molar-refractivity contribution is -0.131. The minimum atomic E-state index is -1.34. The molecule has 42 heavy (non-hydrogen) atoms. The lowest BCUT2D eigenvalue weighted by Crippen LogP contribution is -2.52. The van der Waals surface area contributed by atoms with Crippen LogP contribution < -0.4 is 16.4 Å². The number of hydrogen-bond donors (Lipinski definition) is 3. The quantitative estimate of drug-likeness (QED) is 0.251. The number of hydrogen-bond acceptors (Lipinski definition) is 5. The summed E-state index contributed by atoms with van der Waals surface area (Å²) in [7, 11) is 0. The van der Waals surface area contributed by atoms with Crippen molar-refractivity contribution in [1.82, 2.24) is 15.1 Å². The topological polar surface area (TPSA) is 119 Å². The van der Waals surface area contributed by atoms with Gasteiger partial charge in [-0.15, -0.1) is 0 Å². The Bertz CT molecular complexity index is 1410. The van der Waals surface area contributed by atoms with Crippen molar-refractivity contribution in [2.45, 2.75) is 90.8 Å². The molecule has 0 saturated carbocycles. The zero-order chi connectivity index (χ0) is 30.7. The van der Waals surface area contributed by atoms with E-state index in [0.717, 1.165) is 24.0 Å². The summed E-state index contributed by atoms with van der Waals surface area (Å²) in [6, 6.07) is 17.9. The van der Waals surface area contributed by atoms with E-state index in [1.54, 1.807) is 6.20 Å². The first-order valence-corrected chi connectivity index (χ1v) is 15.1. The molecule has 8 nitrogen and oxygen atoms in total. The van der Waals surface area contributed by atoms with Crippen molar-refractivity contribution in [3.8, 4) is 0 Å². The molecule has 0 bridgehead atoms. The van der Waals surface area contributed by atoms with Gasteiger partial charge < -0.3 is 16.4 Å². The molecule has 2 aromatic carbocycles. The molecule has 4 rings (SSSR count). The van der Waals surface area contributed by atoms with Gasteiger partial charge in [0.15, 0.2) is 5.78 Å². The Morgan fingerprint density at radius 1 is 1.10 bits per heavy atom. The number of ketones is 1. The lowest BCUT2D eigenvalue weighted by Gasteiger charge is -2.38. The number of anilines is 1. The molecule has 0 radical (unpaired) electrons. The second-order valence-corrected chi connectivity index (χ2v) is 12.6. The number of aromatic nitrogens is 2. The summed E-state index contributed by atoms with van der Waals surface area (Å²) in [5.41, 5.74) is 7.35. The normalized spacial score (nSPS) is 17.9. The lowest BCUT2D eigenvalue weighted by atomic mass is 9.77. The summed E-state index contributed by atoms with van der Waals surface area (Å²) in [4.78, 5) is 40.7. The van der Waals surface area contributed by atoms with Crippen LogP contribution in [0.2, 0.25) is 0 Å². The van der Waals surface area contributed by atoms with Gasteiger partial charge in [-0.2, -0.15) is 5.10 Å². The molecule has 2 amide bonds. The standard InChI is InChI=1S/C34H45N5O3/c1-7-23-14-16-26(17-15-23)34(8-2,29(40)19-25(30(35)41)18-22(3)4)38-32(42)27-21-36-39-31(27)37-28(20-33(39,5)6)24-12-10-9-11-13-24/h9-17,21-22,25,28,37H,7-8,18-20H2,1-6H3,(H2,35,41)(H,38,42)/t25-,28-,34?/m1/s1. The number of rotatable bonds is 12. The number of Topliss-reactive ketones (excluding diaryl/α,β-unsaturated/α-hetero) is 1. The van der Waals surface area contributed by atoms with Crippen LogP contribution in [0.15, 0.2) is 60.8 Å². The van der Waals surface area contributed by atoms with Crippen molar-refractivity contribution in [3.05, 3.63) is 83.0 Å². The smallest absolute Gasteiger partial charge is 0.257 e. The molecule has 1 unspecified atom stereocenters. The molecule has 2 heterocycles. The third-order valence-corrected chi connectivity index (χ3v) is 8.58. The highest BCUT2D eigenvalue weighted by Crippen LogP contribution is 2.40. The summed E-state index contributed by atoms with van der Waals surface area (Å²) in [5.74, 6) is -0.944. The molecule has 0 fully saturated rings. The van der Waals surface area contributed by atoms with Crippen molar-refractivity contribution >= 4 is 23.4 Å². The van der Waals surface area contributed by atoms with E-state index in [4.69, 9.17) is 5.73 Å². The summed E-state index contributed by atoms with van der Waals surface area (Å²) >= 11 is 0. The Kier molecular flexibility index (Phi) is 9.24. The number of nitrogens with two attached hydrogens (primary N) is 1. The molecular formula is C34H45N5O3. The summed E-state index contributed by atoms with van der Waals surface area (Å²) in [6.07, 6.45) is 3.97. The fraction of sp³-hybridized carbons (Fsp3) is 0.471. The van der Waals surface area contributed by atoms with Crippen LogP contribution in [-0.2, 0) is 27.1 Å². The molecule has 0 saturated heterocycles. The van der Waals surface area contributed by atoms with Crippen LogP contribution in [0.5, 0.6) is 0 Å². The van der Waals surface area contributed by atoms with E-state index in [-0.39, 0.29) is 29.7 Å². The van der Waals surface area contributed by atoms with Gasteiger partial charge in [0.25, 0.3) is 5.91 Å². The highest BCUT2D eigenvalue weighted by atomic mass is 16.2. The molecule has 8 heteroatoms. The number of carbonyl (C=O) groups is 3. The molecule has 0 aliphatic carbocycles. The minimum absolute atomic E-state index is 0.0107. The van der Waals surface area contributed by atoms with Crippen molar-refractivity contribution in [2.75, 3.05) is 5.32 Å². The average Bonchev–Trinajstić information content (AvgIpc) is 3.41. The molecule has 1 aromatic heterocycles. The number of carbonyl (C=O) groups excluding carboxylic acids is 3. The van der Waals surface area contributed by atoms with E-state index in [2.05, 4.69) is 48.6 Å². The van der Waals surface area contributed by atoms with Crippen LogP contribution in [-0.4, -0.2) is 27.4 Å². The first-order valence-electron chi connectivity index (χ1n) is 15.1. The van der Waals surface area contributed by atoms with Crippen LogP contribution in [0.3, 0.4) is 0 Å². The Balaban J connectivity index is 1.73. The van der Waals surface area contributed by atoms with Gasteiger partial charge in [-0.1, -0.05) is 82.3 Å². The third kappa shape index (κ3) is 6.27. The first kappa shape index (κ1) is 31.0. The van der Waals surface area contributed by atoms with Crippen molar-refractivity contribution in [1.29, 1.82) is 0 Å². The van der Waals surface area contributed by atoms with Gasteiger partial charge in [0.1, 0.15) is 16.9 Å². The zero-order valence-electron chi connectivity index (χ0n) is 25.7. The number of amides is 2. The number of nitrogens with one attached hydrogen (secondary N) is 2.